The Kier molecular flexibility index (Phi) is 3.77. The summed E-state index contributed by atoms with van der Waals surface area (Å²) in [6.07, 6.45) is 0.659. The molecule has 0 saturated heterocycles. The normalized spacial score (nSPS) is 12.2. The average Bonchev–Trinajstić information content (AvgIpc) is 2.18. The van der Waals surface area contributed by atoms with Crippen molar-refractivity contribution in [3.63, 3.8) is 0 Å². The van der Waals surface area contributed by atoms with Crippen LogP contribution in [0.4, 0.5) is 0 Å². The molecule has 13 heavy (non-hydrogen) atoms. The molecule has 1 unspecified atom stereocenters. The van der Waals surface area contributed by atoms with Crippen LogP contribution in [0.5, 0.6) is 0 Å². The molecule has 0 bridgehead atoms. The third kappa shape index (κ3) is 3.07. The van der Waals surface area contributed by atoms with E-state index in [4.69, 9.17) is 11.9 Å². The molecule has 0 N–H and O–H groups in total. The maximum absolute atomic E-state index is 11.0. The Morgan fingerprint density at radius 3 is 2.62 bits per heavy atom. The van der Waals surface area contributed by atoms with Gasteiger partial charge in [-0.1, -0.05) is 37.3 Å². The predicted octanol–water partition coefficient (Wildman–Crippen LogP) is 2.56. The minimum absolute atomic E-state index is 0.195. The van der Waals surface area contributed by atoms with Crippen molar-refractivity contribution in [2.45, 2.75) is 13.3 Å². The minimum Gasteiger partial charge on any atom is -0.347 e. The second-order valence-electron chi connectivity index (χ2n) is 2.99. The summed E-state index contributed by atoms with van der Waals surface area (Å²) in [5.74, 6) is -0.578. The Labute approximate surface area is 82.6 Å². The van der Waals surface area contributed by atoms with Gasteiger partial charge in [0.2, 0.25) is 0 Å². The van der Waals surface area contributed by atoms with E-state index in [0.29, 0.717) is 6.42 Å². The third-order valence-corrected chi connectivity index (χ3v) is 2.02. The molecule has 0 saturated carbocycles. The van der Waals surface area contributed by atoms with Crippen molar-refractivity contribution in [2.75, 3.05) is 0 Å². The van der Waals surface area contributed by atoms with E-state index < -0.39 is 0 Å². The highest BCUT2D eigenvalue weighted by molar-refractivity contribution is 6.13. The lowest BCUT2D eigenvalue weighted by atomic mass is 10.0. The molecule has 1 rings (SSSR count). The highest BCUT2D eigenvalue weighted by Gasteiger charge is 2.14. The maximum Gasteiger partial charge on any atom is 0.327 e. The van der Waals surface area contributed by atoms with Crippen LogP contribution in [0.15, 0.2) is 30.3 Å². The summed E-state index contributed by atoms with van der Waals surface area (Å²) in [4.78, 5) is 11.0. The van der Waals surface area contributed by atoms with E-state index in [9.17, 15) is 4.79 Å². The first-order valence-corrected chi connectivity index (χ1v) is 4.41. The first kappa shape index (κ1) is 10.1. The molecule has 1 aromatic carbocycles. The molecule has 1 aromatic rings. The average molecular weight is 199 g/mol. The first-order valence-electron chi connectivity index (χ1n) is 4.10. The molecule has 0 spiro atoms. The molecule has 0 aliphatic rings. The maximum atomic E-state index is 11.0. The summed E-state index contributed by atoms with van der Waals surface area (Å²) in [7, 11) is 0. The molecular weight excluding hydrogens is 188 g/mol. The van der Waals surface area contributed by atoms with Crippen LogP contribution < -0.4 is 0 Å². The Bertz CT molecular complexity index is 272. The van der Waals surface area contributed by atoms with E-state index >= 15 is 0 Å². The first-order chi connectivity index (χ1) is 6.24. The van der Waals surface area contributed by atoms with Crippen LogP contribution in [0.3, 0.4) is 0 Å². The van der Waals surface area contributed by atoms with Gasteiger partial charge in [-0.15, -0.1) is 0 Å². The molecule has 0 radical (unpaired) electrons. The van der Waals surface area contributed by atoms with Crippen LogP contribution in [0.25, 0.3) is 0 Å². The van der Waals surface area contributed by atoms with Crippen molar-refractivity contribution >= 4 is 17.8 Å². The number of rotatable bonds is 3. The monoisotopic (exact) mass is 198 g/mol. The zero-order chi connectivity index (χ0) is 9.68. The molecule has 0 aliphatic carbocycles. The fourth-order valence-electron chi connectivity index (χ4n) is 1.13. The Balaban J connectivity index is 2.55. The van der Waals surface area contributed by atoms with E-state index in [1.54, 1.807) is 6.92 Å². The smallest absolute Gasteiger partial charge is 0.327 e. The van der Waals surface area contributed by atoms with E-state index in [0.717, 1.165) is 5.56 Å². The highest BCUT2D eigenvalue weighted by atomic mass is 35.5. The lowest BCUT2D eigenvalue weighted by molar-refractivity contribution is -0.137. The van der Waals surface area contributed by atoms with Gasteiger partial charge in [-0.2, -0.15) is 0 Å². The molecule has 0 heterocycles. The van der Waals surface area contributed by atoms with Crippen LogP contribution >= 0.6 is 11.9 Å². The number of hydrogen-bond donors (Lipinski definition) is 0. The van der Waals surface area contributed by atoms with Crippen molar-refractivity contribution in [1.29, 1.82) is 0 Å². The highest BCUT2D eigenvalue weighted by Crippen LogP contribution is 2.10. The van der Waals surface area contributed by atoms with E-state index in [2.05, 4.69) is 4.29 Å². The molecule has 0 fully saturated rings. The van der Waals surface area contributed by atoms with Gasteiger partial charge in [-0.25, -0.2) is 0 Å². The molecule has 1 atom stereocenters. The lowest BCUT2D eigenvalue weighted by Gasteiger charge is -2.06. The van der Waals surface area contributed by atoms with E-state index in [-0.39, 0.29) is 11.9 Å². The van der Waals surface area contributed by atoms with Gasteiger partial charge >= 0.3 is 5.97 Å². The van der Waals surface area contributed by atoms with Gasteiger partial charge < -0.3 is 4.29 Å². The zero-order valence-electron chi connectivity index (χ0n) is 7.37. The largest absolute Gasteiger partial charge is 0.347 e. The molecule has 0 amide bonds. The number of halogens is 1. The van der Waals surface area contributed by atoms with E-state index in [1.165, 1.54) is 0 Å². The van der Waals surface area contributed by atoms with Crippen molar-refractivity contribution < 1.29 is 9.08 Å². The van der Waals surface area contributed by atoms with Crippen molar-refractivity contribution in [1.82, 2.24) is 0 Å². The SMILES string of the molecule is CC(Cc1ccccc1)C(=O)OCl. The summed E-state index contributed by atoms with van der Waals surface area (Å²) < 4.78 is 4.12. The van der Waals surface area contributed by atoms with Crippen molar-refractivity contribution in [2.24, 2.45) is 5.92 Å². The number of carbonyl (C=O) groups excluding carboxylic acids is 1. The van der Waals surface area contributed by atoms with Crippen LogP contribution in [0.1, 0.15) is 12.5 Å². The standard InChI is InChI=1S/C10H11ClO2/c1-8(10(12)13-11)7-9-5-3-2-4-6-9/h2-6,8H,7H2,1H3. The van der Waals surface area contributed by atoms with Gasteiger partial charge in [0.05, 0.1) is 5.92 Å². The molecule has 3 heteroatoms. The van der Waals surface area contributed by atoms with Gasteiger partial charge in [0.15, 0.2) is 0 Å². The number of hydrogen-bond acceptors (Lipinski definition) is 2. The fraction of sp³-hybridized carbons (Fsp3) is 0.300. The zero-order valence-corrected chi connectivity index (χ0v) is 8.12. The van der Waals surface area contributed by atoms with Crippen LogP contribution in [-0.4, -0.2) is 5.97 Å². The molecule has 2 nitrogen and oxygen atoms in total. The quantitative estimate of drug-likeness (QED) is 0.746. The van der Waals surface area contributed by atoms with Crippen LogP contribution in [0, 0.1) is 5.92 Å². The molecule has 0 aliphatic heterocycles. The predicted molar refractivity (Wildman–Crippen MR) is 51.3 cm³/mol. The van der Waals surface area contributed by atoms with E-state index in [1.807, 2.05) is 30.3 Å². The third-order valence-electron chi connectivity index (χ3n) is 1.86. The Morgan fingerprint density at radius 2 is 2.08 bits per heavy atom. The van der Waals surface area contributed by atoms with Crippen LogP contribution in [0.2, 0.25) is 0 Å². The van der Waals surface area contributed by atoms with Crippen molar-refractivity contribution in [3.8, 4) is 0 Å². The van der Waals surface area contributed by atoms with Crippen LogP contribution in [-0.2, 0) is 15.5 Å². The number of benzene rings is 1. The summed E-state index contributed by atoms with van der Waals surface area (Å²) in [5.41, 5.74) is 1.11. The lowest BCUT2D eigenvalue weighted by Crippen LogP contribution is -2.13. The van der Waals surface area contributed by atoms with Gasteiger partial charge in [0, 0.05) is 0 Å². The summed E-state index contributed by atoms with van der Waals surface area (Å²) >= 11 is 4.96. The van der Waals surface area contributed by atoms with Gasteiger partial charge in [-0.3, -0.25) is 4.79 Å². The Hall–Kier alpha value is -1.02. The second-order valence-corrected chi connectivity index (χ2v) is 3.14. The topological polar surface area (TPSA) is 26.3 Å². The second kappa shape index (κ2) is 4.87. The summed E-state index contributed by atoms with van der Waals surface area (Å²) in [6.45, 7) is 1.79. The minimum atomic E-state index is -0.384. The molecule has 70 valence electrons. The molecular formula is C10H11ClO2. The summed E-state index contributed by atoms with van der Waals surface area (Å²) in [5, 5.41) is 0. The number of carbonyl (C=O) groups is 1. The molecule has 0 aromatic heterocycles. The Morgan fingerprint density at radius 1 is 1.46 bits per heavy atom. The van der Waals surface area contributed by atoms with Gasteiger partial charge in [0.1, 0.15) is 11.9 Å². The fourth-order valence-corrected chi connectivity index (χ4v) is 1.28. The van der Waals surface area contributed by atoms with Gasteiger partial charge in [-0.05, 0) is 12.0 Å². The summed E-state index contributed by atoms with van der Waals surface area (Å²) in [6, 6.07) is 9.76. The van der Waals surface area contributed by atoms with Crippen molar-refractivity contribution in [3.05, 3.63) is 35.9 Å². The van der Waals surface area contributed by atoms with Gasteiger partial charge in [0.25, 0.3) is 0 Å².